The number of amides is 1. The predicted octanol–water partition coefficient (Wildman–Crippen LogP) is 4.32. The monoisotopic (exact) mass is 376 g/mol. The van der Waals surface area contributed by atoms with Gasteiger partial charge in [0, 0.05) is 43.6 Å². The van der Waals surface area contributed by atoms with Gasteiger partial charge in [-0.25, -0.2) is 0 Å². The van der Waals surface area contributed by atoms with E-state index in [9.17, 15) is 4.79 Å². The second-order valence-electron chi connectivity index (χ2n) is 6.90. The number of pyridine rings is 1. The van der Waals surface area contributed by atoms with Gasteiger partial charge in [-0.2, -0.15) is 0 Å². The molecular formula is C23H24N2O3. The number of para-hydroxylation sites is 1. The highest BCUT2D eigenvalue weighted by atomic mass is 16.5. The highest BCUT2D eigenvalue weighted by Crippen LogP contribution is 2.25. The highest BCUT2D eigenvalue weighted by Gasteiger charge is 2.26. The molecule has 0 aliphatic carbocycles. The van der Waals surface area contributed by atoms with E-state index < -0.39 is 0 Å². The second kappa shape index (κ2) is 8.30. The molecule has 0 spiro atoms. The maximum Gasteiger partial charge on any atom is 0.256 e. The SMILES string of the molecule is CCOc1cccc(OC2CCN(C(=O)c3cccc4cccnc34)CC2)c1. The van der Waals surface area contributed by atoms with Crippen LogP contribution in [-0.4, -0.2) is 41.6 Å². The summed E-state index contributed by atoms with van der Waals surface area (Å²) in [6.45, 7) is 3.95. The molecule has 1 aliphatic rings. The van der Waals surface area contributed by atoms with Crippen molar-refractivity contribution in [3.05, 3.63) is 66.4 Å². The van der Waals surface area contributed by atoms with E-state index in [4.69, 9.17) is 9.47 Å². The molecule has 0 N–H and O–H groups in total. The van der Waals surface area contributed by atoms with Gasteiger partial charge in [-0.15, -0.1) is 0 Å². The zero-order chi connectivity index (χ0) is 19.3. The van der Waals surface area contributed by atoms with Crippen LogP contribution in [0.2, 0.25) is 0 Å². The number of hydrogen-bond donors (Lipinski definition) is 0. The first-order chi connectivity index (χ1) is 13.7. The van der Waals surface area contributed by atoms with Crippen LogP contribution >= 0.6 is 0 Å². The van der Waals surface area contributed by atoms with Crippen molar-refractivity contribution in [3.63, 3.8) is 0 Å². The van der Waals surface area contributed by atoms with Crippen LogP contribution in [0.3, 0.4) is 0 Å². The van der Waals surface area contributed by atoms with E-state index in [2.05, 4.69) is 4.98 Å². The molecule has 5 heteroatoms. The quantitative estimate of drug-likeness (QED) is 0.666. The summed E-state index contributed by atoms with van der Waals surface area (Å²) in [4.78, 5) is 19.3. The Balaban J connectivity index is 1.40. The van der Waals surface area contributed by atoms with Gasteiger partial charge in [0.2, 0.25) is 0 Å². The molecule has 2 heterocycles. The molecule has 144 valence electrons. The Bertz CT molecular complexity index is 959. The molecule has 1 fully saturated rings. The van der Waals surface area contributed by atoms with E-state index in [0.717, 1.165) is 35.2 Å². The van der Waals surface area contributed by atoms with Gasteiger partial charge in [-0.05, 0) is 31.2 Å². The minimum absolute atomic E-state index is 0.0427. The maximum absolute atomic E-state index is 13.0. The topological polar surface area (TPSA) is 51.7 Å². The van der Waals surface area contributed by atoms with E-state index in [1.165, 1.54) is 0 Å². The standard InChI is InChI=1S/C23H24N2O3/c1-2-27-19-8-4-9-20(16-19)28-18-11-14-25(15-12-18)23(26)21-10-3-6-17-7-5-13-24-22(17)21/h3-10,13,16,18H,2,11-12,14-15H2,1H3. The number of carbonyl (C=O) groups is 1. The summed E-state index contributed by atoms with van der Waals surface area (Å²) < 4.78 is 11.6. The maximum atomic E-state index is 13.0. The number of ether oxygens (including phenoxy) is 2. The number of piperidine rings is 1. The molecule has 2 aromatic carbocycles. The summed E-state index contributed by atoms with van der Waals surface area (Å²) in [5, 5.41) is 0.987. The number of aromatic nitrogens is 1. The van der Waals surface area contributed by atoms with E-state index in [1.807, 2.05) is 66.4 Å². The Labute approximate surface area is 164 Å². The summed E-state index contributed by atoms with van der Waals surface area (Å²) >= 11 is 0. The van der Waals surface area contributed by atoms with Crippen LogP contribution in [0.1, 0.15) is 30.1 Å². The van der Waals surface area contributed by atoms with Crippen molar-refractivity contribution >= 4 is 16.8 Å². The molecule has 0 bridgehead atoms. The van der Waals surface area contributed by atoms with Crippen molar-refractivity contribution in [2.45, 2.75) is 25.9 Å². The number of fused-ring (bicyclic) bond motifs is 1. The van der Waals surface area contributed by atoms with E-state index in [-0.39, 0.29) is 12.0 Å². The largest absolute Gasteiger partial charge is 0.494 e. The summed E-state index contributed by atoms with van der Waals surface area (Å²) in [6.07, 6.45) is 3.45. The molecular weight excluding hydrogens is 352 g/mol. The van der Waals surface area contributed by atoms with Crippen LogP contribution in [0.25, 0.3) is 10.9 Å². The van der Waals surface area contributed by atoms with Gasteiger partial charge in [0.15, 0.2) is 0 Å². The molecule has 1 saturated heterocycles. The molecule has 0 unspecified atom stereocenters. The second-order valence-corrected chi connectivity index (χ2v) is 6.90. The summed E-state index contributed by atoms with van der Waals surface area (Å²) in [7, 11) is 0. The zero-order valence-corrected chi connectivity index (χ0v) is 16.0. The van der Waals surface area contributed by atoms with Crippen molar-refractivity contribution in [3.8, 4) is 11.5 Å². The first kappa shape index (κ1) is 18.3. The van der Waals surface area contributed by atoms with Gasteiger partial charge in [-0.1, -0.05) is 24.3 Å². The number of carbonyl (C=O) groups excluding carboxylic acids is 1. The van der Waals surface area contributed by atoms with Crippen LogP contribution in [0.4, 0.5) is 0 Å². The van der Waals surface area contributed by atoms with Crippen LogP contribution in [-0.2, 0) is 0 Å². The average Bonchev–Trinajstić information content (AvgIpc) is 2.74. The van der Waals surface area contributed by atoms with Crippen molar-refractivity contribution in [2.75, 3.05) is 19.7 Å². The Morgan fingerprint density at radius 1 is 1.07 bits per heavy atom. The minimum atomic E-state index is 0.0427. The van der Waals surface area contributed by atoms with Crippen LogP contribution in [0.15, 0.2) is 60.8 Å². The Hall–Kier alpha value is -3.08. The van der Waals surface area contributed by atoms with Gasteiger partial charge in [0.1, 0.15) is 17.6 Å². The fourth-order valence-corrected chi connectivity index (χ4v) is 3.62. The summed E-state index contributed by atoms with van der Waals surface area (Å²) in [5.74, 6) is 1.67. The lowest BCUT2D eigenvalue weighted by atomic mass is 10.0. The number of likely N-dealkylation sites (tertiary alicyclic amines) is 1. The molecule has 0 saturated carbocycles. The Kier molecular flexibility index (Phi) is 5.42. The molecule has 1 aliphatic heterocycles. The number of rotatable bonds is 5. The smallest absolute Gasteiger partial charge is 0.256 e. The molecule has 1 aromatic heterocycles. The number of benzene rings is 2. The van der Waals surface area contributed by atoms with Gasteiger partial charge < -0.3 is 14.4 Å². The van der Waals surface area contributed by atoms with Crippen molar-refractivity contribution < 1.29 is 14.3 Å². The van der Waals surface area contributed by atoms with Gasteiger partial charge in [-0.3, -0.25) is 9.78 Å². The predicted molar refractivity (Wildman–Crippen MR) is 109 cm³/mol. The van der Waals surface area contributed by atoms with E-state index in [1.54, 1.807) is 6.20 Å². The third-order valence-corrected chi connectivity index (χ3v) is 5.01. The summed E-state index contributed by atoms with van der Waals surface area (Å²) in [5.41, 5.74) is 1.43. The van der Waals surface area contributed by atoms with E-state index >= 15 is 0 Å². The first-order valence-corrected chi connectivity index (χ1v) is 9.77. The molecule has 4 rings (SSSR count). The lowest BCUT2D eigenvalue weighted by Gasteiger charge is -2.32. The number of hydrogen-bond acceptors (Lipinski definition) is 4. The molecule has 3 aromatic rings. The molecule has 0 radical (unpaired) electrons. The fraction of sp³-hybridized carbons (Fsp3) is 0.304. The normalized spacial score (nSPS) is 14.8. The summed E-state index contributed by atoms with van der Waals surface area (Å²) in [6, 6.07) is 17.4. The van der Waals surface area contributed by atoms with Crippen molar-refractivity contribution in [1.82, 2.24) is 9.88 Å². The average molecular weight is 376 g/mol. The lowest BCUT2D eigenvalue weighted by molar-refractivity contribution is 0.0597. The third-order valence-electron chi connectivity index (χ3n) is 5.01. The fourth-order valence-electron chi connectivity index (χ4n) is 3.62. The van der Waals surface area contributed by atoms with Crippen molar-refractivity contribution in [1.29, 1.82) is 0 Å². The van der Waals surface area contributed by atoms with Crippen LogP contribution in [0.5, 0.6) is 11.5 Å². The third kappa shape index (κ3) is 3.93. The van der Waals surface area contributed by atoms with Gasteiger partial charge >= 0.3 is 0 Å². The number of nitrogens with zero attached hydrogens (tertiary/aromatic N) is 2. The Morgan fingerprint density at radius 2 is 1.82 bits per heavy atom. The van der Waals surface area contributed by atoms with Gasteiger partial charge in [0.05, 0.1) is 17.7 Å². The van der Waals surface area contributed by atoms with Crippen LogP contribution < -0.4 is 9.47 Å². The van der Waals surface area contributed by atoms with Crippen LogP contribution in [0, 0.1) is 0 Å². The lowest BCUT2D eigenvalue weighted by Crippen LogP contribution is -2.41. The van der Waals surface area contributed by atoms with Crippen molar-refractivity contribution in [2.24, 2.45) is 0 Å². The minimum Gasteiger partial charge on any atom is -0.494 e. The molecule has 1 amide bonds. The van der Waals surface area contributed by atoms with E-state index in [0.29, 0.717) is 25.3 Å². The first-order valence-electron chi connectivity index (χ1n) is 9.77. The molecule has 5 nitrogen and oxygen atoms in total. The van der Waals surface area contributed by atoms with Gasteiger partial charge in [0.25, 0.3) is 5.91 Å². The molecule has 28 heavy (non-hydrogen) atoms. The Morgan fingerprint density at radius 3 is 2.64 bits per heavy atom. The molecule has 0 atom stereocenters. The zero-order valence-electron chi connectivity index (χ0n) is 16.0. The highest BCUT2D eigenvalue weighted by molar-refractivity contribution is 6.05.